The van der Waals surface area contributed by atoms with Crippen LogP contribution in [0.3, 0.4) is 0 Å². The number of thiocarbonyl (C=S) groups is 1. The topological polar surface area (TPSA) is 48.8 Å². The van der Waals surface area contributed by atoms with Crippen molar-refractivity contribution in [3.8, 4) is 0 Å². The van der Waals surface area contributed by atoms with E-state index in [1.54, 1.807) is 0 Å². The van der Waals surface area contributed by atoms with Crippen LogP contribution in [0.4, 0.5) is 0 Å². The molecule has 0 aliphatic rings. The number of nitrogens with two attached hydrogens (primary N) is 1. The van der Waals surface area contributed by atoms with Gasteiger partial charge < -0.3 is 10.3 Å². The minimum atomic E-state index is 0.437. The molecule has 0 saturated heterocycles. The van der Waals surface area contributed by atoms with Gasteiger partial charge >= 0.3 is 0 Å². The van der Waals surface area contributed by atoms with E-state index in [1.807, 2.05) is 30.2 Å². The van der Waals surface area contributed by atoms with Crippen molar-refractivity contribution in [2.75, 3.05) is 0 Å². The van der Waals surface area contributed by atoms with Gasteiger partial charge in [0.05, 0.1) is 6.20 Å². The van der Waals surface area contributed by atoms with Gasteiger partial charge in [-0.3, -0.25) is 4.68 Å². The monoisotopic (exact) mass is 284 g/mol. The smallest absolute Gasteiger partial charge is 0.104 e. The molecule has 0 radical (unpaired) electrons. The Balaban J connectivity index is 1.87. The predicted molar refractivity (Wildman–Crippen MR) is 84.7 cm³/mol. The standard InChI is InChI=1S/C15H16N4S/c1-18-10-11(9-17-18)4-6-19-7-5-12-2-3-13(15(16)20)8-14(12)19/h2-3,5,7-10H,4,6H2,1H3,(H2,16,20). The van der Waals surface area contributed by atoms with Gasteiger partial charge in [-0.2, -0.15) is 5.10 Å². The van der Waals surface area contributed by atoms with Crippen molar-refractivity contribution >= 4 is 28.1 Å². The number of aromatic nitrogens is 3. The molecule has 1 aromatic carbocycles. The summed E-state index contributed by atoms with van der Waals surface area (Å²) in [6, 6.07) is 8.20. The molecule has 0 unspecified atom stereocenters. The number of rotatable bonds is 4. The molecule has 3 rings (SSSR count). The Bertz CT molecular complexity index is 769. The van der Waals surface area contributed by atoms with Crippen molar-refractivity contribution in [2.24, 2.45) is 12.8 Å². The first-order valence-electron chi connectivity index (χ1n) is 6.50. The highest BCUT2D eigenvalue weighted by Crippen LogP contribution is 2.18. The van der Waals surface area contributed by atoms with Crippen LogP contribution >= 0.6 is 12.2 Å². The van der Waals surface area contributed by atoms with E-state index in [0.29, 0.717) is 4.99 Å². The van der Waals surface area contributed by atoms with Gasteiger partial charge in [0.15, 0.2) is 0 Å². The van der Waals surface area contributed by atoms with Gasteiger partial charge in [0.25, 0.3) is 0 Å². The van der Waals surface area contributed by atoms with E-state index in [-0.39, 0.29) is 0 Å². The van der Waals surface area contributed by atoms with Crippen molar-refractivity contribution in [1.29, 1.82) is 0 Å². The average molecular weight is 284 g/mol. The number of benzene rings is 1. The molecule has 2 heterocycles. The van der Waals surface area contributed by atoms with Gasteiger partial charge in [-0.1, -0.05) is 24.4 Å². The maximum absolute atomic E-state index is 5.70. The fourth-order valence-corrected chi connectivity index (χ4v) is 2.51. The third-order valence-corrected chi connectivity index (χ3v) is 3.69. The molecule has 0 fully saturated rings. The number of aryl methyl sites for hydroxylation is 3. The summed E-state index contributed by atoms with van der Waals surface area (Å²) < 4.78 is 4.05. The van der Waals surface area contributed by atoms with E-state index in [4.69, 9.17) is 18.0 Å². The summed E-state index contributed by atoms with van der Waals surface area (Å²) in [6.45, 7) is 0.913. The minimum Gasteiger partial charge on any atom is -0.389 e. The van der Waals surface area contributed by atoms with Gasteiger partial charge in [-0.05, 0) is 29.5 Å². The van der Waals surface area contributed by atoms with E-state index in [2.05, 4.69) is 34.1 Å². The minimum absolute atomic E-state index is 0.437. The van der Waals surface area contributed by atoms with Gasteiger partial charge in [0.2, 0.25) is 0 Å². The van der Waals surface area contributed by atoms with Crippen LogP contribution in [-0.4, -0.2) is 19.3 Å². The summed E-state index contributed by atoms with van der Waals surface area (Å²) in [4.78, 5) is 0.437. The quantitative estimate of drug-likeness (QED) is 0.748. The second-order valence-electron chi connectivity index (χ2n) is 4.92. The van der Waals surface area contributed by atoms with E-state index in [0.717, 1.165) is 18.5 Å². The van der Waals surface area contributed by atoms with Gasteiger partial charge in [0, 0.05) is 37.1 Å². The number of hydrogen-bond acceptors (Lipinski definition) is 2. The zero-order valence-electron chi connectivity index (χ0n) is 11.3. The predicted octanol–water partition coefficient (Wildman–Crippen LogP) is 2.25. The molecule has 102 valence electrons. The molecule has 0 aliphatic carbocycles. The van der Waals surface area contributed by atoms with Crippen LogP contribution in [0.5, 0.6) is 0 Å². The molecule has 4 nitrogen and oxygen atoms in total. The lowest BCUT2D eigenvalue weighted by Crippen LogP contribution is -2.09. The number of nitrogens with zero attached hydrogens (tertiary/aromatic N) is 3. The first kappa shape index (κ1) is 12.9. The molecule has 20 heavy (non-hydrogen) atoms. The van der Waals surface area contributed by atoms with E-state index >= 15 is 0 Å². The Morgan fingerprint density at radius 3 is 2.90 bits per heavy atom. The summed E-state index contributed by atoms with van der Waals surface area (Å²) in [6.07, 6.45) is 7.01. The highest BCUT2D eigenvalue weighted by Gasteiger charge is 2.05. The summed E-state index contributed by atoms with van der Waals surface area (Å²) in [7, 11) is 1.93. The average Bonchev–Trinajstić information content (AvgIpc) is 3.02. The van der Waals surface area contributed by atoms with Crippen LogP contribution in [0.15, 0.2) is 42.9 Å². The molecule has 2 aromatic heterocycles. The highest BCUT2D eigenvalue weighted by atomic mass is 32.1. The Kier molecular flexibility index (Phi) is 3.28. The van der Waals surface area contributed by atoms with Crippen LogP contribution in [0.25, 0.3) is 10.9 Å². The molecule has 0 aliphatic heterocycles. The van der Waals surface area contributed by atoms with Crippen LogP contribution in [0.2, 0.25) is 0 Å². The largest absolute Gasteiger partial charge is 0.389 e. The normalized spacial score (nSPS) is 11.1. The molecule has 0 spiro atoms. The van der Waals surface area contributed by atoms with Gasteiger partial charge in [-0.15, -0.1) is 0 Å². The zero-order valence-corrected chi connectivity index (χ0v) is 12.1. The summed E-state index contributed by atoms with van der Waals surface area (Å²) in [5.41, 5.74) is 9.02. The Labute approximate surface area is 122 Å². The molecular formula is C15H16N4S. The third-order valence-electron chi connectivity index (χ3n) is 3.46. The van der Waals surface area contributed by atoms with E-state index in [9.17, 15) is 0 Å². The molecule has 5 heteroatoms. The fraction of sp³-hybridized carbons (Fsp3) is 0.200. The third kappa shape index (κ3) is 2.44. The Hall–Kier alpha value is -2.14. The lowest BCUT2D eigenvalue weighted by molar-refractivity contribution is 0.720. The lowest BCUT2D eigenvalue weighted by atomic mass is 10.1. The van der Waals surface area contributed by atoms with Gasteiger partial charge in [0.1, 0.15) is 4.99 Å². The molecule has 0 atom stereocenters. The van der Waals surface area contributed by atoms with E-state index < -0.39 is 0 Å². The lowest BCUT2D eigenvalue weighted by Gasteiger charge is -2.06. The SMILES string of the molecule is Cn1cc(CCn2ccc3ccc(C(N)=S)cc32)cn1. The second-order valence-corrected chi connectivity index (χ2v) is 5.36. The number of hydrogen-bond donors (Lipinski definition) is 1. The van der Waals surface area contributed by atoms with E-state index in [1.165, 1.54) is 16.5 Å². The Morgan fingerprint density at radius 2 is 2.20 bits per heavy atom. The zero-order chi connectivity index (χ0) is 14.1. The molecule has 0 amide bonds. The first-order chi connectivity index (χ1) is 9.63. The highest BCUT2D eigenvalue weighted by molar-refractivity contribution is 7.80. The van der Waals surface area contributed by atoms with Crippen molar-refractivity contribution in [2.45, 2.75) is 13.0 Å². The van der Waals surface area contributed by atoms with Crippen molar-refractivity contribution in [3.05, 3.63) is 54.0 Å². The second kappa shape index (κ2) is 5.09. The molecule has 0 bridgehead atoms. The first-order valence-corrected chi connectivity index (χ1v) is 6.90. The number of fused-ring (bicyclic) bond motifs is 1. The Morgan fingerprint density at radius 1 is 1.35 bits per heavy atom. The van der Waals surface area contributed by atoms with Gasteiger partial charge in [-0.25, -0.2) is 0 Å². The summed E-state index contributed by atoms with van der Waals surface area (Å²) in [5, 5.41) is 5.39. The molecule has 3 aromatic rings. The summed E-state index contributed by atoms with van der Waals surface area (Å²) in [5.74, 6) is 0. The van der Waals surface area contributed by atoms with Crippen molar-refractivity contribution in [1.82, 2.24) is 14.3 Å². The molecule has 0 saturated carbocycles. The van der Waals surface area contributed by atoms with Crippen LogP contribution in [0.1, 0.15) is 11.1 Å². The van der Waals surface area contributed by atoms with Crippen molar-refractivity contribution < 1.29 is 0 Å². The summed E-state index contributed by atoms with van der Waals surface area (Å²) >= 11 is 5.04. The van der Waals surface area contributed by atoms with Crippen molar-refractivity contribution in [3.63, 3.8) is 0 Å². The fourth-order valence-electron chi connectivity index (χ4n) is 2.38. The maximum Gasteiger partial charge on any atom is 0.104 e. The molecule has 2 N–H and O–H groups in total. The van der Waals surface area contributed by atoms with Crippen LogP contribution in [0, 0.1) is 0 Å². The van der Waals surface area contributed by atoms with Crippen LogP contribution in [-0.2, 0) is 20.0 Å². The van der Waals surface area contributed by atoms with Crippen LogP contribution < -0.4 is 5.73 Å². The maximum atomic E-state index is 5.70. The molecular weight excluding hydrogens is 268 g/mol.